The maximum atomic E-state index is 5.78. The summed E-state index contributed by atoms with van der Waals surface area (Å²) < 4.78 is 8.49. The molecule has 0 fully saturated rings. The number of aryl methyl sites for hydroxylation is 2. The number of hydrogen-bond donors (Lipinski definition) is 2. The average molecular weight is 341 g/mol. The highest BCUT2D eigenvalue weighted by molar-refractivity contribution is 7.26. The molecular formula is C17H19N5OS. The summed E-state index contributed by atoms with van der Waals surface area (Å²) in [5.74, 6) is 1.73. The molecule has 0 saturated heterocycles. The Hall–Kier alpha value is -2.38. The van der Waals surface area contributed by atoms with Gasteiger partial charge in [-0.05, 0) is 37.6 Å². The van der Waals surface area contributed by atoms with E-state index in [1.54, 1.807) is 17.6 Å². The minimum atomic E-state index is 0.546. The lowest BCUT2D eigenvalue weighted by molar-refractivity contribution is 0.517. The van der Waals surface area contributed by atoms with Crippen molar-refractivity contribution < 1.29 is 4.42 Å². The molecule has 4 aromatic heterocycles. The number of furan rings is 1. The first-order valence-electron chi connectivity index (χ1n) is 7.91. The summed E-state index contributed by atoms with van der Waals surface area (Å²) in [4.78, 5) is 5.75. The molecule has 0 aliphatic rings. The van der Waals surface area contributed by atoms with Crippen molar-refractivity contribution in [1.82, 2.24) is 14.8 Å². The SMILES string of the molecule is Cc1cc(C)c2c(n1)sc1c(NCc3ccco3)nn(CCN)c12. The van der Waals surface area contributed by atoms with E-state index in [-0.39, 0.29) is 0 Å². The normalized spacial score (nSPS) is 11.6. The minimum absolute atomic E-state index is 0.546. The zero-order valence-corrected chi connectivity index (χ0v) is 14.5. The standard InChI is InChI=1S/C17H19N5OS/c1-10-8-11(2)20-17-13(10)14-15(24-17)16(21-22(14)6-5-18)19-9-12-4-3-7-23-12/h3-4,7-8H,5-6,9,18H2,1-2H3,(H,19,21). The van der Waals surface area contributed by atoms with E-state index in [1.165, 1.54) is 10.9 Å². The highest BCUT2D eigenvalue weighted by Gasteiger charge is 2.19. The van der Waals surface area contributed by atoms with Gasteiger partial charge in [-0.15, -0.1) is 11.3 Å². The molecule has 4 aromatic rings. The first kappa shape index (κ1) is 15.2. The maximum Gasteiger partial charge on any atom is 0.166 e. The lowest BCUT2D eigenvalue weighted by atomic mass is 10.1. The quantitative estimate of drug-likeness (QED) is 0.581. The summed E-state index contributed by atoms with van der Waals surface area (Å²) in [6.45, 7) is 5.97. The molecule has 124 valence electrons. The van der Waals surface area contributed by atoms with Gasteiger partial charge in [-0.25, -0.2) is 4.98 Å². The van der Waals surface area contributed by atoms with Crippen molar-refractivity contribution in [3.8, 4) is 0 Å². The molecule has 0 aliphatic heterocycles. The zero-order valence-electron chi connectivity index (χ0n) is 13.7. The third-order valence-electron chi connectivity index (χ3n) is 4.01. The highest BCUT2D eigenvalue weighted by Crippen LogP contribution is 2.39. The number of nitrogens with zero attached hydrogens (tertiary/aromatic N) is 3. The second-order valence-electron chi connectivity index (χ2n) is 5.83. The van der Waals surface area contributed by atoms with Crippen molar-refractivity contribution in [3.63, 3.8) is 0 Å². The molecule has 4 heterocycles. The van der Waals surface area contributed by atoms with Gasteiger partial charge in [0.05, 0.1) is 29.6 Å². The molecule has 0 spiro atoms. The second kappa shape index (κ2) is 5.92. The monoisotopic (exact) mass is 341 g/mol. The number of anilines is 1. The highest BCUT2D eigenvalue weighted by atomic mass is 32.1. The van der Waals surface area contributed by atoms with E-state index in [2.05, 4.69) is 18.3 Å². The number of fused-ring (bicyclic) bond motifs is 3. The number of nitrogens with two attached hydrogens (primary N) is 1. The molecule has 0 bridgehead atoms. The van der Waals surface area contributed by atoms with E-state index in [1.807, 2.05) is 23.7 Å². The van der Waals surface area contributed by atoms with E-state index in [4.69, 9.17) is 20.2 Å². The Labute approximate surface area is 143 Å². The number of aromatic nitrogens is 3. The van der Waals surface area contributed by atoms with E-state index < -0.39 is 0 Å². The van der Waals surface area contributed by atoms with Crippen LogP contribution in [0.2, 0.25) is 0 Å². The Kier molecular flexibility index (Phi) is 3.74. The third kappa shape index (κ3) is 2.46. The zero-order chi connectivity index (χ0) is 16.7. The Bertz CT molecular complexity index is 999. The van der Waals surface area contributed by atoms with Gasteiger partial charge in [0.2, 0.25) is 0 Å². The Morgan fingerprint density at radius 1 is 1.38 bits per heavy atom. The summed E-state index contributed by atoms with van der Waals surface area (Å²) >= 11 is 1.67. The lowest BCUT2D eigenvalue weighted by Gasteiger charge is -2.03. The molecule has 0 unspecified atom stereocenters. The number of pyridine rings is 1. The molecule has 3 N–H and O–H groups in total. The molecule has 0 aliphatic carbocycles. The predicted molar refractivity (Wildman–Crippen MR) is 97.5 cm³/mol. The van der Waals surface area contributed by atoms with Crippen LogP contribution in [-0.2, 0) is 13.1 Å². The van der Waals surface area contributed by atoms with Gasteiger partial charge in [0, 0.05) is 17.6 Å². The fourth-order valence-electron chi connectivity index (χ4n) is 3.03. The second-order valence-corrected chi connectivity index (χ2v) is 6.83. The van der Waals surface area contributed by atoms with Crippen LogP contribution < -0.4 is 11.1 Å². The van der Waals surface area contributed by atoms with Crippen molar-refractivity contribution in [3.05, 3.63) is 41.5 Å². The van der Waals surface area contributed by atoms with Gasteiger partial charge in [0.1, 0.15) is 10.6 Å². The first-order chi connectivity index (χ1) is 11.7. The molecule has 4 rings (SSSR count). The number of rotatable bonds is 5. The lowest BCUT2D eigenvalue weighted by Crippen LogP contribution is -2.11. The summed E-state index contributed by atoms with van der Waals surface area (Å²) in [6, 6.07) is 5.94. The molecule has 0 atom stereocenters. The molecular weight excluding hydrogens is 322 g/mol. The fourth-order valence-corrected chi connectivity index (χ4v) is 4.29. The third-order valence-corrected chi connectivity index (χ3v) is 5.09. The maximum absolute atomic E-state index is 5.78. The average Bonchev–Trinajstić information content (AvgIpc) is 3.22. The first-order valence-corrected chi connectivity index (χ1v) is 8.72. The summed E-state index contributed by atoms with van der Waals surface area (Å²) in [5.41, 5.74) is 9.15. The van der Waals surface area contributed by atoms with Crippen molar-refractivity contribution in [2.45, 2.75) is 26.9 Å². The van der Waals surface area contributed by atoms with Gasteiger partial charge >= 0.3 is 0 Å². The van der Waals surface area contributed by atoms with E-state index in [0.717, 1.165) is 32.3 Å². The van der Waals surface area contributed by atoms with Crippen LogP contribution >= 0.6 is 11.3 Å². The molecule has 7 heteroatoms. The van der Waals surface area contributed by atoms with Crippen LogP contribution in [0, 0.1) is 13.8 Å². The van der Waals surface area contributed by atoms with Gasteiger partial charge in [0.25, 0.3) is 0 Å². The van der Waals surface area contributed by atoms with Crippen LogP contribution in [0.25, 0.3) is 20.4 Å². The smallest absolute Gasteiger partial charge is 0.166 e. The van der Waals surface area contributed by atoms with E-state index in [9.17, 15) is 0 Å². The topological polar surface area (TPSA) is 81.9 Å². The van der Waals surface area contributed by atoms with Crippen LogP contribution in [0.15, 0.2) is 28.9 Å². The van der Waals surface area contributed by atoms with E-state index >= 15 is 0 Å². The van der Waals surface area contributed by atoms with Gasteiger partial charge in [0.15, 0.2) is 5.82 Å². The Morgan fingerprint density at radius 2 is 2.25 bits per heavy atom. The number of thiophene rings is 1. The number of hydrogen-bond acceptors (Lipinski definition) is 6. The fraction of sp³-hybridized carbons (Fsp3) is 0.294. The van der Waals surface area contributed by atoms with Gasteiger partial charge < -0.3 is 15.5 Å². The van der Waals surface area contributed by atoms with Gasteiger partial charge in [-0.1, -0.05) is 0 Å². The molecule has 0 aromatic carbocycles. The van der Waals surface area contributed by atoms with Crippen molar-refractivity contribution >= 4 is 37.6 Å². The Morgan fingerprint density at radius 3 is 3.00 bits per heavy atom. The van der Waals surface area contributed by atoms with Crippen LogP contribution in [0.5, 0.6) is 0 Å². The number of nitrogens with one attached hydrogen (secondary N) is 1. The van der Waals surface area contributed by atoms with Crippen LogP contribution in [0.3, 0.4) is 0 Å². The van der Waals surface area contributed by atoms with Crippen LogP contribution in [0.1, 0.15) is 17.0 Å². The summed E-state index contributed by atoms with van der Waals surface area (Å²) in [6.07, 6.45) is 1.68. The van der Waals surface area contributed by atoms with Crippen molar-refractivity contribution in [2.24, 2.45) is 5.73 Å². The summed E-state index contributed by atoms with van der Waals surface area (Å²) in [5, 5.41) is 9.27. The minimum Gasteiger partial charge on any atom is -0.467 e. The predicted octanol–water partition coefficient (Wildman–Crippen LogP) is 3.43. The largest absolute Gasteiger partial charge is 0.467 e. The van der Waals surface area contributed by atoms with Crippen molar-refractivity contribution in [2.75, 3.05) is 11.9 Å². The van der Waals surface area contributed by atoms with Crippen LogP contribution in [0.4, 0.5) is 5.82 Å². The van der Waals surface area contributed by atoms with E-state index in [0.29, 0.717) is 19.6 Å². The molecule has 24 heavy (non-hydrogen) atoms. The Balaban J connectivity index is 1.86. The molecule has 0 amide bonds. The van der Waals surface area contributed by atoms with Gasteiger partial charge in [-0.2, -0.15) is 5.10 Å². The summed E-state index contributed by atoms with van der Waals surface area (Å²) in [7, 11) is 0. The molecule has 6 nitrogen and oxygen atoms in total. The van der Waals surface area contributed by atoms with Crippen LogP contribution in [-0.4, -0.2) is 21.3 Å². The molecule has 0 saturated carbocycles. The van der Waals surface area contributed by atoms with Gasteiger partial charge in [-0.3, -0.25) is 4.68 Å². The van der Waals surface area contributed by atoms with Crippen molar-refractivity contribution in [1.29, 1.82) is 0 Å². The molecule has 0 radical (unpaired) electrons.